The van der Waals surface area contributed by atoms with Crippen molar-refractivity contribution in [1.29, 1.82) is 0 Å². The minimum atomic E-state index is -0.365. The molecular formula is C26H22FN5O2S. The summed E-state index contributed by atoms with van der Waals surface area (Å²) < 4.78 is 14.8. The predicted molar refractivity (Wildman–Crippen MR) is 136 cm³/mol. The molecule has 2 amide bonds. The summed E-state index contributed by atoms with van der Waals surface area (Å²) in [5.41, 5.74) is 2.86. The fourth-order valence-electron chi connectivity index (χ4n) is 3.21. The largest absolute Gasteiger partial charge is 0.325 e. The van der Waals surface area contributed by atoms with Gasteiger partial charge in [0, 0.05) is 30.1 Å². The van der Waals surface area contributed by atoms with Gasteiger partial charge in [0.15, 0.2) is 11.0 Å². The maximum atomic E-state index is 13.0. The minimum Gasteiger partial charge on any atom is -0.325 e. The lowest BCUT2D eigenvalue weighted by atomic mass is 10.2. The number of carbonyl (C=O) groups excluding carboxylic acids is 2. The van der Waals surface area contributed by atoms with Gasteiger partial charge in [-0.2, -0.15) is 0 Å². The van der Waals surface area contributed by atoms with E-state index in [1.54, 1.807) is 16.7 Å². The van der Waals surface area contributed by atoms with Crippen LogP contribution in [0.25, 0.3) is 17.5 Å². The number of rotatable bonds is 8. The van der Waals surface area contributed by atoms with E-state index >= 15 is 0 Å². The van der Waals surface area contributed by atoms with Crippen LogP contribution in [0.4, 0.5) is 15.8 Å². The topological polar surface area (TPSA) is 88.9 Å². The van der Waals surface area contributed by atoms with Crippen molar-refractivity contribution in [3.05, 3.63) is 96.3 Å². The van der Waals surface area contributed by atoms with Crippen molar-refractivity contribution in [1.82, 2.24) is 14.8 Å². The number of hydrogen-bond acceptors (Lipinski definition) is 5. The lowest BCUT2D eigenvalue weighted by molar-refractivity contribution is -0.114. The summed E-state index contributed by atoms with van der Waals surface area (Å²) in [5, 5.41) is 14.6. The Balaban J connectivity index is 1.37. The average Bonchev–Trinajstić information content (AvgIpc) is 3.24. The van der Waals surface area contributed by atoms with E-state index in [9.17, 15) is 14.0 Å². The molecule has 0 unspecified atom stereocenters. The van der Waals surface area contributed by atoms with Crippen molar-refractivity contribution in [3.8, 4) is 11.4 Å². The molecule has 3 aromatic carbocycles. The number of carbonyl (C=O) groups is 2. The number of thioether (sulfide) groups is 1. The fourth-order valence-corrected chi connectivity index (χ4v) is 3.92. The Morgan fingerprint density at radius 1 is 0.943 bits per heavy atom. The first-order valence-corrected chi connectivity index (χ1v) is 11.7. The highest BCUT2D eigenvalue weighted by atomic mass is 32.2. The molecule has 2 N–H and O–H groups in total. The summed E-state index contributed by atoms with van der Waals surface area (Å²) in [6.45, 7) is 0. The van der Waals surface area contributed by atoms with Gasteiger partial charge in [0.1, 0.15) is 5.82 Å². The smallest absolute Gasteiger partial charge is 0.248 e. The molecule has 0 aliphatic rings. The van der Waals surface area contributed by atoms with Crippen LogP contribution in [0.15, 0.2) is 90.1 Å². The third kappa shape index (κ3) is 6.64. The average molecular weight is 488 g/mol. The Kier molecular flexibility index (Phi) is 7.69. The standard InChI is InChI=1S/C26H22FN5O2S/c1-32-25(30-31-26(32)35-17-24(34)28-21-13-11-20(27)12-14-21)19-8-5-9-22(16-19)29-23(33)15-10-18-6-3-2-4-7-18/h2-16H,17H2,1H3,(H,28,34)(H,29,33)/b15-10+. The number of benzene rings is 3. The Morgan fingerprint density at radius 2 is 1.71 bits per heavy atom. The van der Waals surface area contributed by atoms with Crippen LogP contribution in [-0.2, 0) is 16.6 Å². The molecule has 176 valence electrons. The zero-order valence-electron chi connectivity index (χ0n) is 18.8. The number of halogens is 1. The van der Waals surface area contributed by atoms with Crippen molar-refractivity contribution in [3.63, 3.8) is 0 Å². The van der Waals surface area contributed by atoms with Gasteiger partial charge < -0.3 is 15.2 Å². The molecule has 1 heterocycles. The first-order chi connectivity index (χ1) is 17.0. The number of nitrogens with zero attached hydrogens (tertiary/aromatic N) is 3. The molecule has 0 fully saturated rings. The summed E-state index contributed by atoms with van der Waals surface area (Å²) in [6.07, 6.45) is 3.23. The van der Waals surface area contributed by atoms with Gasteiger partial charge in [0.2, 0.25) is 11.8 Å². The normalized spacial score (nSPS) is 10.9. The summed E-state index contributed by atoms with van der Waals surface area (Å²) in [7, 11) is 1.81. The van der Waals surface area contributed by atoms with Crippen LogP contribution >= 0.6 is 11.8 Å². The van der Waals surface area contributed by atoms with Crippen LogP contribution in [0.2, 0.25) is 0 Å². The number of amides is 2. The van der Waals surface area contributed by atoms with Crippen LogP contribution in [0.1, 0.15) is 5.56 Å². The van der Waals surface area contributed by atoms with Gasteiger partial charge in [-0.1, -0.05) is 54.2 Å². The van der Waals surface area contributed by atoms with Gasteiger partial charge >= 0.3 is 0 Å². The summed E-state index contributed by atoms with van der Waals surface area (Å²) in [6, 6.07) is 22.4. The number of hydrogen-bond donors (Lipinski definition) is 2. The van der Waals surface area contributed by atoms with E-state index < -0.39 is 0 Å². The van der Waals surface area contributed by atoms with E-state index in [1.807, 2.05) is 55.6 Å². The van der Waals surface area contributed by atoms with Gasteiger partial charge in [-0.05, 0) is 48.0 Å². The van der Waals surface area contributed by atoms with Gasteiger partial charge in [-0.15, -0.1) is 10.2 Å². The van der Waals surface area contributed by atoms with Crippen LogP contribution in [0.3, 0.4) is 0 Å². The van der Waals surface area contributed by atoms with Crippen LogP contribution in [-0.4, -0.2) is 32.3 Å². The summed E-state index contributed by atoms with van der Waals surface area (Å²) in [5.74, 6) is -0.127. The lowest BCUT2D eigenvalue weighted by Gasteiger charge is -2.07. The molecule has 0 aliphatic heterocycles. The predicted octanol–water partition coefficient (Wildman–Crippen LogP) is 5.00. The molecule has 4 aromatic rings. The molecular weight excluding hydrogens is 465 g/mol. The fraction of sp³-hybridized carbons (Fsp3) is 0.0769. The monoisotopic (exact) mass is 487 g/mol. The van der Waals surface area contributed by atoms with Crippen molar-refractivity contribution in [2.75, 3.05) is 16.4 Å². The highest BCUT2D eigenvalue weighted by Gasteiger charge is 2.14. The Bertz CT molecular complexity index is 1350. The number of aromatic nitrogens is 3. The quantitative estimate of drug-likeness (QED) is 0.270. The molecule has 0 spiro atoms. The van der Waals surface area contributed by atoms with Crippen molar-refractivity contribution >= 4 is 41.0 Å². The first kappa shape index (κ1) is 23.9. The molecule has 0 radical (unpaired) electrons. The van der Waals surface area contributed by atoms with E-state index in [4.69, 9.17) is 0 Å². The highest BCUT2D eigenvalue weighted by Crippen LogP contribution is 2.25. The van der Waals surface area contributed by atoms with E-state index in [2.05, 4.69) is 20.8 Å². The van der Waals surface area contributed by atoms with E-state index in [1.165, 1.54) is 42.1 Å². The van der Waals surface area contributed by atoms with Gasteiger partial charge in [-0.25, -0.2) is 4.39 Å². The summed E-state index contributed by atoms with van der Waals surface area (Å²) >= 11 is 1.24. The maximum Gasteiger partial charge on any atom is 0.248 e. The second-order valence-electron chi connectivity index (χ2n) is 7.52. The zero-order chi connectivity index (χ0) is 24.6. The van der Waals surface area contributed by atoms with Crippen molar-refractivity contribution < 1.29 is 14.0 Å². The second kappa shape index (κ2) is 11.3. The molecule has 0 saturated heterocycles. The lowest BCUT2D eigenvalue weighted by Crippen LogP contribution is -2.14. The Hall–Kier alpha value is -4.24. The molecule has 0 saturated carbocycles. The molecule has 0 bridgehead atoms. The van der Waals surface area contributed by atoms with Gasteiger partial charge in [-0.3, -0.25) is 9.59 Å². The SMILES string of the molecule is Cn1c(SCC(=O)Nc2ccc(F)cc2)nnc1-c1cccc(NC(=O)/C=C/c2ccccc2)c1. The maximum absolute atomic E-state index is 13.0. The third-order valence-electron chi connectivity index (χ3n) is 4.91. The summed E-state index contributed by atoms with van der Waals surface area (Å²) in [4.78, 5) is 24.5. The molecule has 0 atom stereocenters. The van der Waals surface area contributed by atoms with E-state index in [0.29, 0.717) is 22.4 Å². The molecule has 9 heteroatoms. The second-order valence-corrected chi connectivity index (χ2v) is 8.47. The molecule has 1 aromatic heterocycles. The Labute approximate surface area is 206 Å². The molecule has 35 heavy (non-hydrogen) atoms. The Morgan fingerprint density at radius 3 is 2.49 bits per heavy atom. The van der Waals surface area contributed by atoms with Crippen LogP contribution in [0, 0.1) is 5.82 Å². The third-order valence-corrected chi connectivity index (χ3v) is 5.93. The minimum absolute atomic E-state index is 0.118. The molecule has 7 nitrogen and oxygen atoms in total. The first-order valence-electron chi connectivity index (χ1n) is 10.7. The van der Waals surface area contributed by atoms with Crippen LogP contribution < -0.4 is 10.6 Å². The molecule has 4 rings (SSSR count). The zero-order valence-corrected chi connectivity index (χ0v) is 19.6. The number of nitrogens with one attached hydrogen (secondary N) is 2. The van der Waals surface area contributed by atoms with Crippen molar-refractivity contribution in [2.45, 2.75) is 5.16 Å². The van der Waals surface area contributed by atoms with Gasteiger partial charge in [0.25, 0.3) is 0 Å². The van der Waals surface area contributed by atoms with Gasteiger partial charge in [0.05, 0.1) is 5.75 Å². The van der Waals surface area contributed by atoms with E-state index in [0.717, 1.165) is 11.1 Å². The van der Waals surface area contributed by atoms with E-state index in [-0.39, 0.29) is 23.4 Å². The highest BCUT2D eigenvalue weighted by molar-refractivity contribution is 7.99. The number of anilines is 2. The molecule has 0 aliphatic carbocycles. The van der Waals surface area contributed by atoms with Crippen molar-refractivity contribution in [2.24, 2.45) is 7.05 Å². The van der Waals surface area contributed by atoms with Crippen LogP contribution in [0.5, 0.6) is 0 Å².